The van der Waals surface area contributed by atoms with Gasteiger partial charge in [0, 0.05) is 13.6 Å². The van der Waals surface area contributed by atoms with Crippen LogP contribution in [0.5, 0.6) is 0 Å². The molecule has 13 heteroatoms. The van der Waals surface area contributed by atoms with Gasteiger partial charge in [-0.15, -0.1) is 0 Å². The molecule has 0 bridgehead atoms. The highest BCUT2D eigenvalue weighted by Gasteiger charge is 2.70. The minimum absolute atomic E-state index is 0.0632. The number of nitrogens with one attached hydrogen (secondary N) is 4. The number of amides is 6. The van der Waals surface area contributed by atoms with Crippen molar-refractivity contribution in [1.29, 1.82) is 0 Å². The molecule has 262 valence electrons. The lowest BCUT2D eigenvalue weighted by atomic mass is 9.87. The number of fused-ring (bicyclic) bond motifs is 2. The van der Waals surface area contributed by atoms with Crippen LogP contribution in [-0.4, -0.2) is 84.9 Å². The topological polar surface area (TPSA) is 189 Å². The first-order valence-electron chi connectivity index (χ1n) is 17.0. The van der Waals surface area contributed by atoms with E-state index >= 15 is 0 Å². The first-order valence-corrected chi connectivity index (χ1v) is 17.0. The monoisotopic (exact) mass is 666 g/mol. The van der Waals surface area contributed by atoms with Crippen LogP contribution in [0.4, 0.5) is 9.59 Å². The van der Waals surface area contributed by atoms with Crippen LogP contribution in [0.2, 0.25) is 0 Å². The van der Waals surface area contributed by atoms with E-state index in [9.17, 15) is 28.8 Å². The number of hydrogen-bond acceptors (Lipinski definition) is 7. The zero-order valence-corrected chi connectivity index (χ0v) is 28.8. The van der Waals surface area contributed by atoms with Crippen LogP contribution in [0.3, 0.4) is 0 Å². The summed E-state index contributed by atoms with van der Waals surface area (Å²) in [6, 6.07) is 3.87. The number of Topliss-reactive ketones (excluding diaryl/α,β-unsaturated/α-hetero) is 1. The zero-order valence-electron chi connectivity index (χ0n) is 28.8. The summed E-state index contributed by atoms with van der Waals surface area (Å²) in [6.45, 7) is 10.1. The minimum Gasteiger partial charge on any atom is -0.447 e. The number of urea groups is 1. The third-order valence-electron chi connectivity index (χ3n) is 10.9. The van der Waals surface area contributed by atoms with Gasteiger partial charge in [-0.25, -0.2) is 9.59 Å². The van der Waals surface area contributed by atoms with Gasteiger partial charge in [0.15, 0.2) is 0 Å². The fraction of sp³-hybridized carbons (Fsp3) is 0.657. The molecule has 3 fully saturated rings. The van der Waals surface area contributed by atoms with Crippen LogP contribution in [0.15, 0.2) is 24.3 Å². The Morgan fingerprint density at radius 2 is 1.62 bits per heavy atom. The Morgan fingerprint density at radius 1 is 1.00 bits per heavy atom. The number of primary amides is 1. The largest absolute Gasteiger partial charge is 0.447 e. The lowest BCUT2D eigenvalue weighted by Gasteiger charge is -2.36. The molecule has 0 spiro atoms. The molecule has 1 aromatic carbocycles. The van der Waals surface area contributed by atoms with Crippen molar-refractivity contribution in [3.8, 4) is 0 Å². The molecule has 3 aliphatic carbocycles. The first-order chi connectivity index (χ1) is 22.5. The highest BCUT2D eigenvalue weighted by Crippen LogP contribution is 2.65. The van der Waals surface area contributed by atoms with E-state index < -0.39 is 59.3 Å². The molecule has 1 saturated heterocycles. The number of hydrogen-bond donors (Lipinski definition) is 5. The number of alkyl carbamates (subject to hydrolysis) is 1. The summed E-state index contributed by atoms with van der Waals surface area (Å²) in [5, 5.41) is 11.0. The number of nitrogens with two attached hydrogens (primary N) is 1. The lowest BCUT2D eigenvalue weighted by Crippen LogP contribution is -2.61. The molecular formula is C35H50N6O7. The Hall–Kier alpha value is -4.16. The number of nitrogens with zero attached hydrogens (tertiary/aromatic N) is 1. The highest BCUT2D eigenvalue weighted by atomic mass is 16.5. The molecule has 13 nitrogen and oxygen atoms in total. The standard InChI is InChI=1S/C35H50N6O7/c1-34(2,3)24(17-48-33(47)37-6)39-32(46)40-26(21-14-19-9-7-8-10-20(19)15-21)31(45)41-16-22-25(35(22,4)5)27(41)30(44)38-23(13-18-11-12-18)28(42)29(36)43/h7-10,18,21-27H,11-17H2,1-6H3,(H2,36,43)(H,37,47)(H,38,44)(H2,39,40,46)/t22-,23?,24?,25-,26?,27?/m0/s1. The Kier molecular flexibility index (Phi) is 9.81. The van der Waals surface area contributed by atoms with Crippen LogP contribution in [0.1, 0.15) is 65.0 Å². The van der Waals surface area contributed by atoms with Gasteiger partial charge in [-0.3, -0.25) is 19.2 Å². The summed E-state index contributed by atoms with van der Waals surface area (Å²) >= 11 is 0. The summed E-state index contributed by atoms with van der Waals surface area (Å²) in [6.07, 6.45) is 2.66. The van der Waals surface area contributed by atoms with E-state index in [0.29, 0.717) is 25.8 Å². The van der Waals surface area contributed by atoms with E-state index in [1.54, 1.807) is 4.90 Å². The maximum atomic E-state index is 14.6. The van der Waals surface area contributed by atoms with Crippen molar-refractivity contribution in [1.82, 2.24) is 26.2 Å². The highest BCUT2D eigenvalue weighted by molar-refractivity contribution is 6.37. The van der Waals surface area contributed by atoms with Crippen molar-refractivity contribution in [3.05, 3.63) is 35.4 Å². The predicted molar refractivity (Wildman–Crippen MR) is 176 cm³/mol. The molecule has 6 atom stereocenters. The Balaban J connectivity index is 1.39. The van der Waals surface area contributed by atoms with Crippen molar-refractivity contribution in [2.24, 2.45) is 40.2 Å². The van der Waals surface area contributed by atoms with Gasteiger partial charge in [0.25, 0.3) is 5.91 Å². The molecule has 0 aromatic heterocycles. The van der Waals surface area contributed by atoms with Gasteiger partial charge in [0.2, 0.25) is 17.6 Å². The zero-order chi connectivity index (χ0) is 35.1. The van der Waals surface area contributed by atoms with E-state index in [1.165, 1.54) is 7.05 Å². The van der Waals surface area contributed by atoms with Crippen molar-refractivity contribution in [2.75, 3.05) is 20.2 Å². The molecule has 1 heterocycles. The van der Waals surface area contributed by atoms with Crippen molar-refractivity contribution < 1.29 is 33.5 Å². The molecule has 4 unspecified atom stereocenters. The van der Waals surface area contributed by atoms with Gasteiger partial charge in [0.1, 0.15) is 18.7 Å². The van der Waals surface area contributed by atoms with Crippen LogP contribution in [0, 0.1) is 34.5 Å². The van der Waals surface area contributed by atoms with E-state index in [0.717, 1.165) is 24.0 Å². The number of rotatable bonds is 12. The fourth-order valence-electron chi connectivity index (χ4n) is 7.63. The van der Waals surface area contributed by atoms with E-state index in [-0.39, 0.29) is 41.6 Å². The first kappa shape index (κ1) is 35.2. The number of likely N-dealkylation sites (tertiary alicyclic amines) is 1. The average Bonchev–Trinajstić information content (AvgIpc) is 3.78. The summed E-state index contributed by atoms with van der Waals surface area (Å²) in [7, 11) is 1.45. The summed E-state index contributed by atoms with van der Waals surface area (Å²) < 4.78 is 5.26. The molecular weight excluding hydrogens is 616 g/mol. The van der Waals surface area contributed by atoms with Crippen LogP contribution >= 0.6 is 0 Å². The van der Waals surface area contributed by atoms with Gasteiger partial charge < -0.3 is 36.6 Å². The summed E-state index contributed by atoms with van der Waals surface area (Å²) in [5.41, 5.74) is 6.84. The number of benzene rings is 1. The molecule has 4 aliphatic rings. The molecule has 1 aliphatic heterocycles. The van der Waals surface area contributed by atoms with Gasteiger partial charge in [0.05, 0.1) is 12.1 Å². The fourth-order valence-corrected chi connectivity index (χ4v) is 7.63. The number of ether oxygens (including phenoxy) is 1. The maximum Gasteiger partial charge on any atom is 0.406 e. The second-order valence-electron chi connectivity index (χ2n) is 15.7. The van der Waals surface area contributed by atoms with E-state index in [2.05, 4.69) is 35.1 Å². The maximum absolute atomic E-state index is 14.6. The van der Waals surface area contributed by atoms with Crippen molar-refractivity contribution in [3.63, 3.8) is 0 Å². The van der Waals surface area contributed by atoms with E-state index in [1.807, 2.05) is 45.0 Å². The van der Waals surface area contributed by atoms with E-state index in [4.69, 9.17) is 10.5 Å². The third-order valence-corrected chi connectivity index (χ3v) is 10.9. The van der Waals surface area contributed by atoms with Gasteiger partial charge >= 0.3 is 12.1 Å². The summed E-state index contributed by atoms with van der Waals surface area (Å²) in [4.78, 5) is 80.2. The molecule has 2 saturated carbocycles. The van der Waals surface area contributed by atoms with Gasteiger partial charge in [-0.2, -0.15) is 0 Å². The lowest BCUT2D eigenvalue weighted by molar-refractivity contribution is -0.144. The SMILES string of the molecule is CNC(=O)OCC(NC(=O)NC(C(=O)N1C[C@H]2[C@@H](C1C(=O)NC(CC1CC1)C(=O)C(N)=O)C2(C)C)C1Cc2ccccc2C1)C(C)(C)C. The normalized spacial score (nSPS) is 24.3. The number of ketones is 1. The molecule has 48 heavy (non-hydrogen) atoms. The van der Waals surface area contributed by atoms with Crippen LogP contribution in [-0.2, 0) is 36.8 Å². The molecule has 0 radical (unpaired) electrons. The molecule has 6 amide bonds. The minimum atomic E-state index is -1.10. The smallest absolute Gasteiger partial charge is 0.406 e. The third kappa shape index (κ3) is 7.44. The van der Waals surface area contributed by atoms with Gasteiger partial charge in [-0.1, -0.05) is 71.7 Å². The Labute approximate surface area is 281 Å². The Morgan fingerprint density at radius 3 is 2.17 bits per heavy atom. The number of carbonyl (C=O) groups is 6. The quantitative estimate of drug-likeness (QED) is 0.210. The predicted octanol–water partition coefficient (Wildman–Crippen LogP) is 1.66. The average molecular weight is 667 g/mol. The Bertz CT molecular complexity index is 1440. The number of piperidine rings is 1. The summed E-state index contributed by atoms with van der Waals surface area (Å²) in [5.74, 6) is -2.92. The van der Waals surface area contributed by atoms with Crippen LogP contribution in [0.25, 0.3) is 0 Å². The van der Waals surface area contributed by atoms with Crippen LogP contribution < -0.4 is 27.0 Å². The van der Waals surface area contributed by atoms with Gasteiger partial charge in [-0.05, 0) is 64.9 Å². The molecule has 6 N–H and O–H groups in total. The molecule has 1 aromatic rings. The number of carbonyl (C=O) groups excluding carboxylic acids is 6. The molecule has 5 rings (SSSR count). The second-order valence-corrected chi connectivity index (χ2v) is 15.7. The van der Waals surface area contributed by atoms with Crippen molar-refractivity contribution in [2.45, 2.75) is 90.9 Å². The second kappa shape index (κ2) is 13.4. The van der Waals surface area contributed by atoms with Crippen molar-refractivity contribution >= 4 is 35.6 Å².